The van der Waals surface area contributed by atoms with E-state index in [9.17, 15) is 0 Å². The lowest BCUT2D eigenvalue weighted by Gasteiger charge is -2.27. The van der Waals surface area contributed by atoms with Crippen LogP contribution in [0.5, 0.6) is 0 Å². The Morgan fingerprint density at radius 3 is 2.13 bits per heavy atom. The van der Waals surface area contributed by atoms with Crippen LogP contribution in [0.1, 0.15) is 47.2 Å². The number of nitrogens with zero attached hydrogens (tertiary/aromatic N) is 1. The Morgan fingerprint density at radius 2 is 1.45 bits per heavy atom. The van der Waals surface area contributed by atoms with Crippen LogP contribution in [0.3, 0.4) is 0 Å². The first kappa shape index (κ1) is 24.6. The van der Waals surface area contributed by atoms with Crippen LogP contribution in [0.15, 0.2) is 121 Å². The second-order valence-electron chi connectivity index (χ2n) is 9.85. The molecule has 5 aromatic rings. The lowest BCUT2D eigenvalue weighted by Crippen LogP contribution is -2.24. The van der Waals surface area contributed by atoms with Crippen molar-refractivity contribution in [3.8, 4) is 0 Å². The quantitative estimate of drug-likeness (QED) is 0.225. The van der Waals surface area contributed by atoms with E-state index in [0.717, 1.165) is 31.5 Å². The van der Waals surface area contributed by atoms with E-state index in [1.807, 2.05) is 12.3 Å². The standard InChI is InChI=1S/C35H33N2P/c1-2-26-13-11-20-32(37-25-28-15-9-10-24-36-28)34(26)31-23-22-27-14-12-21-33(35(27)31)38(29-16-5-3-6-17-29)30-18-7-4-8-19-30/h3-21,24,31,37H,2,22-23,25H2,1H3/t31-/m1/s1. The van der Waals surface area contributed by atoms with E-state index < -0.39 is 7.92 Å². The molecule has 1 aliphatic rings. The largest absolute Gasteiger partial charge is 0.379 e. The van der Waals surface area contributed by atoms with Gasteiger partial charge in [0.25, 0.3) is 0 Å². The SMILES string of the molecule is CCc1cccc(NCc2ccccn2)c1[C@H]1CCc2cccc(P(c3ccccc3)c3ccccc3)c21. The summed E-state index contributed by atoms with van der Waals surface area (Å²) < 4.78 is 0. The zero-order chi connectivity index (χ0) is 25.7. The van der Waals surface area contributed by atoms with Crippen molar-refractivity contribution in [2.45, 2.75) is 38.6 Å². The molecule has 0 unspecified atom stereocenters. The Hall–Kier alpha value is -3.74. The molecule has 6 rings (SSSR count). The first-order chi connectivity index (χ1) is 18.8. The number of hydrogen-bond acceptors (Lipinski definition) is 2. The molecular formula is C35H33N2P. The molecule has 0 aliphatic heterocycles. The minimum Gasteiger partial charge on any atom is -0.379 e. The Kier molecular flexibility index (Phi) is 7.33. The van der Waals surface area contributed by atoms with Crippen LogP contribution in [0.4, 0.5) is 5.69 Å². The third kappa shape index (κ3) is 4.89. The highest BCUT2D eigenvalue weighted by molar-refractivity contribution is 7.79. The van der Waals surface area contributed by atoms with Crippen molar-refractivity contribution in [3.05, 3.63) is 149 Å². The van der Waals surface area contributed by atoms with E-state index in [-0.39, 0.29) is 0 Å². The van der Waals surface area contributed by atoms with Crippen LogP contribution < -0.4 is 21.2 Å². The summed E-state index contributed by atoms with van der Waals surface area (Å²) >= 11 is 0. The van der Waals surface area contributed by atoms with Gasteiger partial charge in [-0.2, -0.15) is 0 Å². The number of nitrogens with one attached hydrogen (secondary N) is 1. The van der Waals surface area contributed by atoms with E-state index in [1.165, 1.54) is 38.3 Å². The molecule has 0 amide bonds. The van der Waals surface area contributed by atoms with Crippen molar-refractivity contribution in [1.82, 2.24) is 4.98 Å². The van der Waals surface area contributed by atoms with Crippen LogP contribution >= 0.6 is 7.92 Å². The lowest BCUT2D eigenvalue weighted by molar-refractivity contribution is 0.779. The molecule has 1 heterocycles. The molecule has 1 aliphatic carbocycles. The van der Waals surface area contributed by atoms with Crippen LogP contribution in [0, 0.1) is 0 Å². The lowest BCUT2D eigenvalue weighted by atomic mass is 9.87. The zero-order valence-electron chi connectivity index (χ0n) is 21.8. The van der Waals surface area contributed by atoms with Gasteiger partial charge in [0.1, 0.15) is 0 Å². The third-order valence-electron chi connectivity index (χ3n) is 7.61. The molecule has 1 aromatic heterocycles. The highest BCUT2D eigenvalue weighted by Gasteiger charge is 2.32. The smallest absolute Gasteiger partial charge is 0.0594 e. The molecule has 0 saturated heterocycles. The molecular weight excluding hydrogens is 479 g/mol. The molecule has 188 valence electrons. The molecule has 0 bridgehead atoms. The summed E-state index contributed by atoms with van der Waals surface area (Å²) in [6, 6.07) is 42.1. The minimum atomic E-state index is -0.664. The molecule has 4 aromatic carbocycles. The van der Waals surface area contributed by atoms with E-state index in [1.54, 1.807) is 5.56 Å². The number of rotatable bonds is 8. The summed E-state index contributed by atoms with van der Waals surface area (Å²) in [5.41, 5.74) is 8.26. The highest BCUT2D eigenvalue weighted by Crippen LogP contribution is 2.46. The summed E-state index contributed by atoms with van der Waals surface area (Å²) in [5.74, 6) is 0.376. The monoisotopic (exact) mass is 512 g/mol. The van der Waals surface area contributed by atoms with Gasteiger partial charge in [-0.15, -0.1) is 0 Å². The number of benzene rings is 4. The second-order valence-corrected chi connectivity index (χ2v) is 12.0. The molecule has 0 spiro atoms. The van der Waals surface area contributed by atoms with Gasteiger partial charge < -0.3 is 5.32 Å². The number of aryl methyl sites for hydroxylation is 2. The van der Waals surface area contributed by atoms with Crippen molar-refractivity contribution >= 4 is 29.5 Å². The Balaban J connectivity index is 1.48. The summed E-state index contributed by atoms with van der Waals surface area (Å²) in [6.45, 7) is 3.01. The number of pyridine rings is 1. The van der Waals surface area contributed by atoms with Gasteiger partial charge in [0.2, 0.25) is 0 Å². The molecule has 1 atom stereocenters. The van der Waals surface area contributed by atoms with Crippen molar-refractivity contribution in [2.24, 2.45) is 0 Å². The molecule has 0 saturated carbocycles. The Labute approximate surface area is 227 Å². The highest BCUT2D eigenvalue weighted by atomic mass is 31.1. The molecule has 2 nitrogen and oxygen atoms in total. The third-order valence-corrected chi connectivity index (χ3v) is 10.1. The Bertz CT molecular complexity index is 1460. The first-order valence-electron chi connectivity index (χ1n) is 13.6. The molecule has 0 fully saturated rings. The maximum absolute atomic E-state index is 4.54. The number of hydrogen-bond donors (Lipinski definition) is 1. The van der Waals surface area contributed by atoms with Gasteiger partial charge in [-0.25, -0.2) is 0 Å². The average molecular weight is 513 g/mol. The van der Waals surface area contributed by atoms with Crippen molar-refractivity contribution < 1.29 is 0 Å². The van der Waals surface area contributed by atoms with Gasteiger partial charge in [0.05, 0.1) is 12.2 Å². The predicted octanol–water partition coefficient (Wildman–Crippen LogP) is 7.09. The van der Waals surface area contributed by atoms with Crippen LogP contribution in [0.2, 0.25) is 0 Å². The molecule has 38 heavy (non-hydrogen) atoms. The topological polar surface area (TPSA) is 24.9 Å². The fraction of sp³-hybridized carbons (Fsp3) is 0.171. The maximum atomic E-state index is 4.54. The van der Waals surface area contributed by atoms with E-state index in [4.69, 9.17) is 0 Å². The van der Waals surface area contributed by atoms with Gasteiger partial charge in [0, 0.05) is 17.8 Å². The maximum Gasteiger partial charge on any atom is 0.0594 e. The van der Waals surface area contributed by atoms with Crippen LogP contribution in [-0.2, 0) is 19.4 Å². The van der Waals surface area contributed by atoms with Crippen molar-refractivity contribution in [1.29, 1.82) is 0 Å². The summed E-state index contributed by atoms with van der Waals surface area (Å²) in [6.07, 6.45) is 5.16. The van der Waals surface area contributed by atoms with Gasteiger partial charge in [0.15, 0.2) is 0 Å². The van der Waals surface area contributed by atoms with Crippen LogP contribution in [0.25, 0.3) is 0 Å². The second kappa shape index (κ2) is 11.3. The summed E-state index contributed by atoms with van der Waals surface area (Å²) in [4.78, 5) is 4.54. The van der Waals surface area contributed by atoms with E-state index in [0.29, 0.717) is 5.92 Å². The number of fused-ring (bicyclic) bond motifs is 1. The van der Waals surface area contributed by atoms with Crippen molar-refractivity contribution in [3.63, 3.8) is 0 Å². The average Bonchev–Trinajstić information content (AvgIpc) is 3.42. The number of aromatic nitrogens is 1. The van der Waals surface area contributed by atoms with Crippen LogP contribution in [-0.4, -0.2) is 4.98 Å². The zero-order valence-corrected chi connectivity index (χ0v) is 22.7. The predicted molar refractivity (Wildman–Crippen MR) is 163 cm³/mol. The van der Waals surface area contributed by atoms with E-state index in [2.05, 4.69) is 126 Å². The van der Waals surface area contributed by atoms with Gasteiger partial charge in [-0.1, -0.05) is 104 Å². The normalized spacial score (nSPS) is 14.4. The van der Waals surface area contributed by atoms with E-state index >= 15 is 0 Å². The summed E-state index contributed by atoms with van der Waals surface area (Å²) in [5, 5.41) is 8.08. The molecule has 1 N–H and O–H groups in total. The number of anilines is 1. The minimum absolute atomic E-state index is 0.376. The first-order valence-corrected chi connectivity index (χ1v) is 14.9. The van der Waals surface area contributed by atoms with Gasteiger partial charge >= 0.3 is 0 Å². The van der Waals surface area contributed by atoms with Gasteiger partial charge in [-0.05, 0) is 83.6 Å². The molecule has 0 radical (unpaired) electrons. The fourth-order valence-electron chi connectivity index (χ4n) is 5.90. The van der Waals surface area contributed by atoms with Gasteiger partial charge in [-0.3, -0.25) is 4.98 Å². The fourth-order valence-corrected chi connectivity index (χ4v) is 8.47. The summed E-state index contributed by atoms with van der Waals surface area (Å²) in [7, 11) is -0.664. The molecule has 3 heteroatoms. The van der Waals surface area contributed by atoms with Crippen molar-refractivity contribution in [2.75, 3.05) is 5.32 Å². The Morgan fingerprint density at radius 1 is 0.737 bits per heavy atom.